The standard InChI is InChI=1S/C55H101N2O7P/c1-7-10-13-16-19-22-25-26-27-28-29-30-33-35-38-41-44-47-54(58)56-52(51-63-65(60,61)62-50-49-57(4,5)6)53(46-43-40-37-34-31-23-20-17-14-11-8-2)64-55(59)48-45-42-39-36-32-24-21-18-15-12-9-3/h18-19,21-22,26-27,29-30,43,46,52-53H,7-17,20,23-25,28,31-42,44-45,47-51H2,1-6H3,(H-,56,58,60,61)/b21-18-,22-19-,27-26-,30-29-,46-43-. The summed E-state index contributed by atoms with van der Waals surface area (Å²) in [5, 5.41) is 2.99. The number of carbonyl (C=O) groups excluding carboxylic acids is 2. The number of nitrogens with zero attached hydrogens (tertiary/aromatic N) is 1. The number of amides is 1. The molecule has 0 bridgehead atoms. The molecule has 3 atom stereocenters. The van der Waals surface area contributed by atoms with Crippen LogP contribution in [0.15, 0.2) is 60.8 Å². The minimum absolute atomic E-state index is 0.0298. The summed E-state index contributed by atoms with van der Waals surface area (Å²) in [6, 6.07) is -0.901. The number of nitrogens with one attached hydrogen (secondary N) is 1. The summed E-state index contributed by atoms with van der Waals surface area (Å²) in [6.07, 6.45) is 54.7. The first-order valence-corrected chi connectivity index (χ1v) is 28.1. The molecule has 378 valence electrons. The number of rotatable bonds is 47. The van der Waals surface area contributed by atoms with Crippen molar-refractivity contribution >= 4 is 19.7 Å². The lowest BCUT2D eigenvalue weighted by Gasteiger charge is -2.30. The van der Waals surface area contributed by atoms with Crippen molar-refractivity contribution in [3.8, 4) is 0 Å². The molecule has 0 fully saturated rings. The summed E-state index contributed by atoms with van der Waals surface area (Å²) in [7, 11) is 1.16. The minimum Gasteiger partial charge on any atom is -0.756 e. The third-order valence-electron chi connectivity index (χ3n) is 11.4. The number of phosphoric ester groups is 1. The quantitative estimate of drug-likeness (QED) is 0.0212. The van der Waals surface area contributed by atoms with E-state index in [1.54, 1.807) is 0 Å². The summed E-state index contributed by atoms with van der Waals surface area (Å²) in [4.78, 5) is 39.6. The number of carbonyl (C=O) groups is 2. The fraction of sp³-hybridized carbons (Fsp3) is 0.782. The molecule has 0 spiro atoms. The molecule has 0 aliphatic carbocycles. The van der Waals surface area contributed by atoms with E-state index in [2.05, 4.69) is 74.7 Å². The summed E-state index contributed by atoms with van der Waals surface area (Å²) < 4.78 is 30.1. The van der Waals surface area contributed by atoms with Gasteiger partial charge in [0.1, 0.15) is 19.3 Å². The average molecular weight is 933 g/mol. The second kappa shape index (κ2) is 45.5. The molecule has 1 N–H and O–H groups in total. The molecule has 0 aromatic carbocycles. The highest BCUT2D eigenvalue weighted by atomic mass is 31.2. The maximum Gasteiger partial charge on any atom is 0.306 e. The fourth-order valence-corrected chi connectivity index (χ4v) is 7.94. The number of likely N-dealkylation sites (N-methyl/N-ethyl adjacent to an activating group) is 1. The van der Waals surface area contributed by atoms with Gasteiger partial charge in [-0.15, -0.1) is 0 Å². The van der Waals surface area contributed by atoms with Crippen LogP contribution in [0.4, 0.5) is 0 Å². The van der Waals surface area contributed by atoms with Gasteiger partial charge in [0.15, 0.2) is 0 Å². The highest BCUT2D eigenvalue weighted by Crippen LogP contribution is 2.38. The Balaban J connectivity index is 5.42. The van der Waals surface area contributed by atoms with E-state index in [-0.39, 0.29) is 31.3 Å². The van der Waals surface area contributed by atoms with Gasteiger partial charge in [0.2, 0.25) is 5.91 Å². The van der Waals surface area contributed by atoms with Crippen LogP contribution < -0.4 is 10.2 Å². The van der Waals surface area contributed by atoms with E-state index in [1.165, 1.54) is 83.5 Å². The van der Waals surface area contributed by atoms with Crippen molar-refractivity contribution in [2.24, 2.45) is 0 Å². The molecule has 0 aliphatic heterocycles. The van der Waals surface area contributed by atoms with Crippen LogP contribution >= 0.6 is 7.82 Å². The zero-order chi connectivity index (χ0) is 48.0. The Hall–Kier alpha value is -2.29. The van der Waals surface area contributed by atoms with E-state index in [0.29, 0.717) is 23.9 Å². The number of phosphoric acid groups is 1. The second-order valence-electron chi connectivity index (χ2n) is 19.0. The molecule has 0 heterocycles. The number of quaternary nitrogens is 1. The first-order chi connectivity index (χ1) is 31.4. The van der Waals surface area contributed by atoms with Crippen molar-refractivity contribution in [2.45, 2.75) is 238 Å². The molecule has 1 amide bonds. The van der Waals surface area contributed by atoms with Gasteiger partial charge in [0, 0.05) is 12.8 Å². The largest absolute Gasteiger partial charge is 0.756 e. The van der Waals surface area contributed by atoms with Crippen LogP contribution in [0.5, 0.6) is 0 Å². The number of allylic oxidation sites excluding steroid dienone is 9. The molecule has 0 aromatic rings. The van der Waals surface area contributed by atoms with Gasteiger partial charge in [-0.25, -0.2) is 0 Å². The van der Waals surface area contributed by atoms with Gasteiger partial charge in [-0.05, 0) is 89.5 Å². The van der Waals surface area contributed by atoms with Crippen LogP contribution in [0.1, 0.15) is 226 Å². The fourth-order valence-electron chi connectivity index (χ4n) is 7.21. The first kappa shape index (κ1) is 62.7. The maximum absolute atomic E-state index is 13.4. The third kappa shape index (κ3) is 46.6. The predicted molar refractivity (Wildman–Crippen MR) is 275 cm³/mol. The number of unbranched alkanes of at least 4 members (excludes halogenated alkanes) is 23. The van der Waals surface area contributed by atoms with E-state index >= 15 is 0 Å². The predicted octanol–water partition coefficient (Wildman–Crippen LogP) is 14.9. The number of ether oxygens (including phenoxy) is 1. The van der Waals surface area contributed by atoms with Crippen LogP contribution in [0.3, 0.4) is 0 Å². The van der Waals surface area contributed by atoms with Gasteiger partial charge >= 0.3 is 5.97 Å². The van der Waals surface area contributed by atoms with Crippen molar-refractivity contribution in [2.75, 3.05) is 40.9 Å². The second-order valence-corrected chi connectivity index (χ2v) is 20.4. The van der Waals surface area contributed by atoms with Gasteiger partial charge in [-0.2, -0.15) is 0 Å². The lowest BCUT2D eigenvalue weighted by atomic mass is 10.1. The minimum atomic E-state index is -4.70. The Labute approximate surface area is 401 Å². The molecule has 65 heavy (non-hydrogen) atoms. The van der Waals surface area contributed by atoms with E-state index < -0.39 is 26.6 Å². The normalized spacial score (nSPS) is 14.4. The van der Waals surface area contributed by atoms with Crippen molar-refractivity contribution in [1.29, 1.82) is 0 Å². The first-order valence-electron chi connectivity index (χ1n) is 26.6. The molecule has 0 saturated carbocycles. The van der Waals surface area contributed by atoms with Gasteiger partial charge in [0.25, 0.3) is 7.82 Å². The van der Waals surface area contributed by atoms with Crippen LogP contribution in [0.25, 0.3) is 0 Å². The van der Waals surface area contributed by atoms with Crippen molar-refractivity contribution in [3.63, 3.8) is 0 Å². The summed E-state index contributed by atoms with van der Waals surface area (Å²) in [6.45, 7) is 6.72. The zero-order valence-electron chi connectivity index (χ0n) is 42.9. The van der Waals surface area contributed by atoms with Crippen molar-refractivity contribution in [3.05, 3.63) is 60.8 Å². The Morgan fingerprint density at radius 1 is 0.538 bits per heavy atom. The van der Waals surface area contributed by atoms with Crippen LogP contribution in [-0.4, -0.2) is 69.4 Å². The number of hydrogen-bond donors (Lipinski definition) is 1. The maximum atomic E-state index is 13.4. The highest BCUT2D eigenvalue weighted by molar-refractivity contribution is 7.45. The Bertz CT molecular complexity index is 1300. The van der Waals surface area contributed by atoms with E-state index in [1.807, 2.05) is 33.3 Å². The number of esters is 1. The highest BCUT2D eigenvalue weighted by Gasteiger charge is 2.27. The van der Waals surface area contributed by atoms with E-state index in [4.69, 9.17) is 13.8 Å². The third-order valence-corrected chi connectivity index (χ3v) is 12.4. The molecule has 0 aliphatic rings. The molecule has 3 unspecified atom stereocenters. The summed E-state index contributed by atoms with van der Waals surface area (Å²) >= 11 is 0. The van der Waals surface area contributed by atoms with Crippen LogP contribution in [0.2, 0.25) is 0 Å². The molecule has 0 aromatic heterocycles. The molecule has 0 rings (SSSR count). The Morgan fingerprint density at radius 3 is 1.49 bits per heavy atom. The molecule has 0 saturated heterocycles. The van der Waals surface area contributed by atoms with Gasteiger partial charge in [0.05, 0.1) is 33.8 Å². The van der Waals surface area contributed by atoms with Crippen LogP contribution in [-0.2, 0) is 27.9 Å². The zero-order valence-corrected chi connectivity index (χ0v) is 43.8. The van der Waals surface area contributed by atoms with Crippen LogP contribution in [0, 0.1) is 0 Å². The molecular weight excluding hydrogens is 832 g/mol. The monoisotopic (exact) mass is 933 g/mol. The molecule has 10 heteroatoms. The Kier molecular flexibility index (Phi) is 43.9. The Morgan fingerprint density at radius 2 is 0.954 bits per heavy atom. The molecule has 0 radical (unpaired) electrons. The number of hydrogen-bond acceptors (Lipinski definition) is 7. The van der Waals surface area contributed by atoms with E-state index in [0.717, 1.165) is 96.3 Å². The lowest BCUT2D eigenvalue weighted by Crippen LogP contribution is -2.47. The van der Waals surface area contributed by atoms with Crippen molar-refractivity contribution in [1.82, 2.24) is 5.32 Å². The average Bonchev–Trinajstić information content (AvgIpc) is 3.26. The van der Waals surface area contributed by atoms with Crippen molar-refractivity contribution < 1.29 is 37.3 Å². The lowest BCUT2D eigenvalue weighted by molar-refractivity contribution is -0.870. The SMILES string of the molecule is CCCC/C=C\CCCCCCCC(=O)OC(/C=C\CCCCCCCCCCC)C(COP(=O)([O-])OCC[N+](C)(C)C)NC(=O)CCCCCC/C=C\C/C=C\C/C=C\CCCCC. The topological polar surface area (TPSA) is 114 Å². The molecule has 9 nitrogen and oxygen atoms in total. The van der Waals surface area contributed by atoms with Gasteiger partial charge in [-0.1, -0.05) is 185 Å². The summed E-state index contributed by atoms with van der Waals surface area (Å²) in [5.41, 5.74) is 0. The summed E-state index contributed by atoms with van der Waals surface area (Å²) in [5.74, 6) is -0.581. The molecular formula is C55H101N2O7P. The smallest absolute Gasteiger partial charge is 0.306 e. The van der Waals surface area contributed by atoms with Gasteiger partial charge < -0.3 is 28.5 Å². The van der Waals surface area contributed by atoms with E-state index in [9.17, 15) is 19.0 Å². The van der Waals surface area contributed by atoms with Gasteiger partial charge in [-0.3, -0.25) is 14.2 Å².